The Bertz CT molecular complexity index is 1330. The van der Waals surface area contributed by atoms with Crippen LogP contribution in [0.25, 0.3) is 0 Å². The van der Waals surface area contributed by atoms with E-state index in [-0.39, 0.29) is 19.4 Å². The van der Waals surface area contributed by atoms with E-state index in [4.69, 9.17) is 18.9 Å². The zero-order chi connectivity index (χ0) is 42.5. The number of hydrogen-bond donors (Lipinski definition) is 4. The smallest absolute Gasteiger partial charge is 0.335 e. The Kier molecular flexibility index (Phi) is 32.6. The predicted octanol–water partition coefficient (Wildman–Crippen LogP) is 8.86. The van der Waals surface area contributed by atoms with Crippen molar-refractivity contribution in [3.63, 3.8) is 0 Å². The van der Waals surface area contributed by atoms with Crippen molar-refractivity contribution in [3.8, 4) is 0 Å². The first kappa shape index (κ1) is 52.1. The van der Waals surface area contributed by atoms with Crippen LogP contribution in [0.15, 0.2) is 97.2 Å². The summed E-state index contributed by atoms with van der Waals surface area (Å²) in [6.45, 7) is 3.53. The van der Waals surface area contributed by atoms with Gasteiger partial charge in [0, 0.05) is 12.8 Å². The zero-order valence-electron chi connectivity index (χ0n) is 35.0. The molecule has 11 heteroatoms. The van der Waals surface area contributed by atoms with Crippen molar-refractivity contribution in [1.82, 2.24) is 0 Å². The number of carboxylic acids is 1. The lowest BCUT2D eigenvalue weighted by Gasteiger charge is -2.38. The lowest BCUT2D eigenvalue weighted by atomic mass is 9.99. The van der Waals surface area contributed by atoms with Gasteiger partial charge in [-0.2, -0.15) is 0 Å². The zero-order valence-corrected chi connectivity index (χ0v) is 35.0. The van der Waals surface area contributed by atoms with Crippen LogP contribution in [0, 0.1) is 0 Å². The van der Waals surface area contributed by atoms with Gasteiger partial charge in [0.15, 0.2) is 18.5 Å². The number of aliphatic carboxylic acids is 1. The molecule has 11 nitrogen and oxygen atoms in total. The van der Waals surface area contributed by atoms with Crippen LogP contribution in [0.5, 0.6) is 0 Å². The number of rotatable bonds is 33. The molecule has 326 valence electrons. The van der Waals surface area contributed by atoms with Crippen LogP contribution in [0.4, 0.5) is 0 Å². The molecule has 0 aromatic rings. The second kappa shape index (κ2) is 36.2. The molecular weight excluding hydrogens is 741 g/mol. The molecular formula is C47H72O11. The Morgan fingerprint density at radius 1 is 0.552 bits per heavy atom. The third-order valence-corrected chi connectivity index (χ3v) is 8.91. The number of carbonyl (C=O) groups excluding carboxylic acids is 2. The fourth-order valence-electron chi connectivity index (χ4n) is 5.59. The Labute approximate surface area is 347 Å². The molecule has 6 unspecified atom stereocenters. The van der Waals surface area contributed by atoms with E-state index in [0.717, 1.165) is 89.9 Å². The number of carbonyl (C=O) groups is 3. The summed E-state index contributed by atoms with van der Waals surface area (Å²) in [7, 11) is 0. The van der Waals surface area contributed by atoms with Gasteiger partial charge in [-0.25, -0.2) is 4.79 Å². The first-order valence-corrected chi connectivity index (χ1v) is 21.3. The first-order valence-electron chi connectivity index (χ1n) is 21.3. The number of carboxylic acid groups (broad SMARTS) is 1. The van der Waals surface area contributed by atoms with E-state index in [1.807, 2.05) is 12.2 Å². The monoisotopic (exact) mass is 813 g/mol. The minimum absolute atomic E-state index is 0.101. The van der Waals surface area contributed by atoms with Gasteiger partial charge in [0.05, 0.1) is 6.61 Å². The summed E-state index contributed by atoms with van der Waals surface area (Å²) in [4.78, 5) is 36.7. The van der Waals surface area contributed by atoms with Gasteiger partial charge in [0.1, 0.15) is 24.9 Å². The van der Waals surface area contributed by atoms with E-state index < -0.39 is 61.3 Å². The summed E-state index contributed by atoms with van der Waals surface area (Å²) < 4.78 is 21.6. The topological polar surface area (TPSA) is 169 Å². The van der Waals surface area contributed by atoms with Crippen molar-refractivity contribution in [2.45, 2.75) is 166 Å². The normalized spacial score (nSPS) is 21.0. The van der Waals surface area contributed by atoms with Crippen molar-refractivity contribution >= 4 is 17.9 Å². The molecule has 0 aromatic carbocycles. The molecule has 58 heavy (non-hydrogen) atoms. The van der Waals surface area contributed by atoms with E-state index >= 15 is 0 Å². The van der Waals surface area contributed by atoms with Crippen molar-refractivity contribution in [3.05, 3.63) is 97.2 Å². The SMILES string of the molecule is CC/C=C\C/C=C\C/C=C\C/C=C\C/C=C\C/C=C\CCC(=O)OCC(COC1OC(C(=O)O)C(O)C(O)C1O)OC(=O)CCCCCCC/C=C\C/C=C\CCC. The molecule has 0 radical (unpaired) electrons. The Balaban J connectivity index is 2.46. The van der Waals surface area contributed by atoms with Gasteiger partial charge in [-0.3, -0.25) is 9.59 Å². The van der Waals surface area contributed by atoms with Crippen molar-refractivity contribution in [1.29, 1.82) is 0 Å². The lowest BCUT2D eigenvalue weighted by molar-refractivity contribution is -0.298. The molecule has 1 saturated heterocycles. The average Bonchev–Trinajstić information content (AvgIpc) is 3.21. The minimum Gasteiger partial charge on any atom is -0.479 e. The van der Waals surface area contributed by atoms with Gasteiger partial charge in [-0.15, -0.1) is 0 Å². The van der Waals surface area contributed by atoms with E-state index in [2.05, 4.69) is 98.9 Å². The van der Waals surface area contributed by atoms with Crippen LogP contribution in [0.1, 0.15) is 129 Å². The molecule has 1 heterocycles. The molecule has 0 spiro atoms. The maximum absolute atomic E-state index is 12.7. The molecule has 1 aliphatic heterocycles. The second-order valence-corrected chi connectivity index (χ2v) is 14.1. The highest BCUT2D eigenvalue weighted by atomic mass is 16.7. The van der Waals surface area contributed by atoms with E-state index in [9.17, 15) is 34.8 Å². The third kappa shape index (κ3) is 27.7. The van der Waals surface area contributed by atoms with Crippen LogP contribution in [0.2, 0.25) is 0 Å². The lowest BCUT2D eigenvalue weighted by Crippen LogP contribution is -2.60. The summed E-state index contributed by atoms with van der Waals surface area (Å²) in [6, 6.07) is 0. The molecule has 1 rings (SSSR count). The van der Waals surface area contributed by atoms with E-state index in [1.54, 1.807) is 0 Å². The van der Waals surface area contributed by atoms with Gasteiger partial charge in [-0.1, -0.05) is 137 Å². The number of esters is 2. The van der Waals surface area contributed by atoms with Crippen LogP contribution in [-0.2, 0) is 33.3 Å². The van der Waals surface area contributed by atoms with Crippen molar-refractivity contribution < 1.29 is 53.8 Å². The van der Waals surface area contributed by atoms with Crippen LogP contribution < -0.4 is 0 Å². The molecule has 1 aliphatic rings. The average molecular weight is 813 g/mol. The number of aliphatic hydroxyl groups is 3. The van der Waals surface area contributed by atoms with Gasteiger partial charge in [-0.05, 0) is 77.0 Å². The Morgan fingerprint density at radius 2 is 1.05 bits per heavy atom. The fourth-order valence-corrected chi connectivity index (χ4v) is 5.59. The summed E-state index contributed by atoms with van der Waals surface area (Å²) >= 11 is 0. The molecule has 0 amide bonds. The molecule has 0 aliphatic carbocycles. The van der Waals surface area contributed by atoms with Gasteiger partial charge in [0.2, 0.25) is 0 Å². The molecule has 6 atom stereocenters. The summed E-state index contributed by atoms with van der Waals surface area (Å²) in [5, 5.41) is 39.7. The fraction of sp³-hybridized carbons (Fsp3) is 0.596. The van der Waals surface area contributed by atoms with Gasteiger partial charge < -0.3 is 39.4 Å². The number of hydrogen-bond acceptors (Lipinski definition) is 10. The highest BCUT2D eigenvalue weighted by Crippen LogP contribution is 2.23. The molecule has 1 fully saturated rings. The Morgan fingerprint density at radius 3 is 1.60 bits per heavy atom. The number of allylic oxidation sites excluding steroid dienone is 16. The van der Waals surface area contributed by atoms with Gasteiger partial charge in [0.25, 0.3) is 0 Å². The summed E-state index contributed by atoms with van der Waals surface area (Å²) in [6.07, 6.45) is 39.0. The molecule has 0 bridgehead atoms. The van der Waals surface area contributed by atoms with Crippen molar-refractivity contribution in [2.75, 3.05) is 13.2 Å². The summed E-state index contributed by atoms with van der Waals surface area (Å²) in [5.74, 6) is -2.59. The number of aliphatic hydroxyl groups excluding tert-OH is 3. The highest BCUT2D eigenvalue weighted by molar-refractivity contribution is 5.73. The van der Waals surface area contributed by atoms with Gasteiger partial charge >= 0.3 is 17.9 Å². The predicted molar refractivity (Wildman–Crippen MR) is 229 cm³/mol. The molecule has 0 aromatic heterocycles. The molecule has 0 saturated carbocycles. The van der Waals surface area contributed by atoms with Crippen LogP contribution in [-0.4, -0.2) is 88.4 Å². The quantitative estimate of drug-likeness (QED) is 0.0284. The van der Waals surface area contributed by atoms with E-state index in [0.29, 0.717) is 12.8 Å². The maximum Gasteiger partial charge on any atom is 0.335 e. The first-order chi connectivity index (χ1) is 28.2. The van der Waals surface area contributed by atoms with E-state index in [1.165, 1.54) is 0 Å². The second-order valence-electron chi connectivity index (χ2n) is 14.1. The Hall–Kier alpha value is -3.87. The number of unbranched alkanes of at least 4 members (excludes halogenated alkanes) is 6. The largest absolute Gasteiger partial charge is 0.479 e. The highest BCUT2D eigenvalue weighted by Gasteiger charge is 2.47. The number of ether oxygens (including phenoxy) is 4. The van der Waals surface area contributed by atoms with Crippen LogP contribution in [0.3, 0.4) is 0 Å². The maximum atomic E-state index is 12.7. The minimum atomic E-state index is -1.88. The molecule has 4 N–H and O–H groups in total. The van der Waals surface area contributed by atoms with Crippen molar-refractivity contribution in [2.24, 2.45) is 0 Å². The third-order valence-electron chi connectivity index (χ3n) is 8.91. The standard InChI is InChI=1S/C47H72O11/c1-3-5-7-9-11-13-15-17-18-19-20-21-22-24-25-27-29-31-33-35-40(48)55-37-39(38-56-47-44(52)42(50)43(51)45(58-47)46(53)54)57-41(49)36-34-32-30-28-26-23-16-14-12-10-8-6-4-2/h5,7-8,10-11,13-14,16-18,20-21,24-25,29,31,39,42-45,47,50-52H,3-4,6,9,12,15,19,22-23,26-28,30,32-38H2,1-2H3,(H,53,54)/b7-5-,10-8-,13-11-,16-14-,18-17-,21-20-,25-24-,31-29-. The summed E-state index contributed by atoms with van der Waals surface area (Å²) in [5.41, 5.74) is 0. The van der Waals surface area contributed by atoms with Crippen LogP contribution >= 0.6 is 0 Å².